The molecule has 0 radical (unpaired) electrons. The van der Waals surface area contributed by atoms with Crippen molar-refractivity contribution < 1.29 is 52.3 Å². The lowest BCUT2D eigenvalue weighted by Gasteiger charge is -2.18. The summed E-state index contributed by atoms with van der Waals surface area (Å²) in [4.78, 5) is 34.9. The summed E-state index contributed by atoms with van der Waals surface area (Å²) in [5.74, 6) is 0.626. The van der Waals surface area contributed by atoms with E-state index in [1.54, 1.807) is 24.3 Å². The molecule has 0 bridgehead atoms. The van der Waals surface area contributed by atoms with Gasteiger partial charge in [-0.15, -0.1) is 0 Å². The van der Waals surface area contributed by atoms with Crippen LogP contribution in [0.2, 0.25) is 0 Å². The predicted octanol–water partition coefficient (Wildman–Crippen LogP) is 4.23. The minimum Gasteiger partial charge on any atom is -0.494 e. The molecule has 0 amide bonds. The second-order valence-electron chi connectivity index (χ2n) is 10.0. The molecule has 2 aliphatic rings. The molecular weight excluding hydrogens is 572 g/mol. The van der Waals surface area contributed by atoms with E-state index in [-0.39, 0.29) is 18.8 Å². The molecule has 2 aromatic rings. The van der Waals surface area contributed by atoms with Crippen LogP contribution in [0.5, 0.6) is 17.2 Å². The molecule has 11 nitrogen and oxygen atoms in total. The van der Waals surface area contributed by atoms with E-state index in [4.69, 9.17) is 37.9 Å². The standard InChI is InChI=1S/C33H38O11/c1-3-29(34)39-19-7-5-17-37-24-11-9-23(10-12-24)33(36)44-28-22-42-31-27(21-41-32(28)31)43-26-15-13-25(14-16-26)38-18-6-8-20-40-30(35)4-2/h3-4,9-16,27-28,31-32H,1-2,5-8,17-22H2. The van der Waals surface area contributed by atoms with Gasteiger partial charge in [0.2, 0.25) is 0 Å². The van der Waals surface area contributed by atoms with Crippen LogP contribution in [0.25, 0.3) is 0 Å². The first-order chi connectivity index (χ1) is 21.5. The summed E-state index contributed by atoms with van der Waals surface area (Å²) in [5.41, 5.74) is 0.390. The summed E-state index contributed by atoms with van der Waals surface area (Å²) >= 11 is 0. The Morgan fingerprint density at radius 2 is 1.11 bits per heavy atom. The highest BCUT2D eigenvalue weighted by atomic mass is 16.7. The molecule has 2 heterocycles. The number of ether oxygens (including phenoxy) is 8. The van der Waals surface area contributed by atoms with Gasteiger partial charge in [0, 0.05) is 12.2 Å². The van der Waals surface area contributed by atoms with Crippen molar-refractivity contribution in [1.82, 2.24) is 0 Å². The zero-order chi connectivity index (χ0) is 31.1. The molecule has 0 spiro atoms. The molecular formula is C33H38O11. The lowest BCUT2D eigenvalue weighted by atomic mass is 10.1. The molecule has 11 heteroatoms. The Labute approximate surface area is 256 Å². The molecule has 44 heavy (non-hydrogen) atoms. The minimum atomic E-state index is -0.553. The maximum Gasteiger partial charge on any atom is 0.338 e. The number of carbonyl (C=O) groups is 3. The Balaban J connectivity index is 1.14. The van der Waals surface area contributed by atoms with Gasteiger partial charge in [-0.1, -0.05) is 13.2 Å². The molecule has 2 saturated heterocycles. The Kier molecular flexibility index (Phi) is 12.6. The normalized spacial score (nSPS) is 20.2. The van der Waals surface area contributed by atoms with E-state index in [1.165, 1.54) is 0 Å². The Hall–Kier alpha value is -4.35. The van der Waals surface area contributed by atoms with Crippen LogP contribution in [0.15, 0.2) is 73.8 Å². The molecule has 2 aromatic carbocycles. The summed E-state index contributed by atoms with van der Waals surface area (Å²) in [5, 5.41) is 0. The molecule has 0 saturated carbocycles. The van der Waals surface area contributed by atoms with E-state index in [0.717, 1.165) is 18.6 Å². The highest BCUT2D eigenvalue weighted by Gasteiger charge is 2.50. The van der Waals surface area contributed by atoms with Crippen LogP contribution in [0.4, 0.5) is 0 Å². The summed E-state index contributed by atoms with van der Waals surface area (Å²) < 4.78 is 44.9. The second-order valence-corrected chi connectivity index (χ2v) is 10.0. The lowest BCUT2D eigenvalue weighted by Crippen LogP contribution is -2.36. The summed E-state index contributed by atoms with van der Waals surface area (Å²) in [6.07, 6.45) is 3.40. The number of fused-ring (bicyclic) bond motifs is 1. The average molecular weight is 611 g/mol. The fourth-order valence-electron chi connectivity index (χ4n) is 4.56. The highest BCUT2D eigenvalue weighted by Crippen LogP contribution is 2.32. The zero-order valence-electron chi connectivity index (χ0n) is 24.6. The van der Waals surface area contributed by atoms with Crippen LogP contribution in [0.1, 0.15) is 36.0 Å². The van der Waals surface area contributed by atoms with Crippen molar-refractivity contribution in [3.8, 4) is 17.2 Å². The van der Waals surface area contributed by atoms with Gasteiger partial charge in [0.25, 0.3) is 0 Å². The summed E-state index contributed by atoms with van der Waals surface area (Å²) in [6.45, 7) is 8.82. The molecule has 4 atom stereocenters. The smallest absolute Gasteiger partial charge is 0.338 e. The molecule has 0 aromatic heterocycles. The number of rotatable bonds is 18. The third kappa shape index (κ3) is 9.85. The van der Waals surface area contributed by atoms with Crippen molar-refractivity contribution in [2.75, 3.05) is 39.6 Å². The number of hydrogen-bond acceptors (Lipinski definition) is 11. The summed E-state index contributed by atoms with van der Waals surface area (Å²) in [7, 11) is 0. The van der Waals surface area contributed by atoms with Crippen molar-refractivity contribution >= 4 is 17.9 Å². The maximum atomic E-state index is 12.8. The predicted molar refractivity (Wildman–Crippen MR) is 158 cm³/mol. The van der Waals surface area contributed by atoms with E-state index < -0.39 is 30.1 Å². The first kappa shape index (κ1) is 32.6. The highest BCUT2D eigenvalue weighted by molar-refractivity contribution is 5.89. The van der Waals surface area contributed by atoms with Gasteiger partial charge < -0.3 is 37.9 Å². The van der Waals surface area contributed by atoms with Crippen LogP contribution >= 0.6 is 0 Å². The topological polar surface area (TPSA) is 125 Å². The number of unbranched alkanes of at least 4 members (excludes halogenated alkanes) is 2. The summed E-state index contributed by atoms with van der Waals surface area (Å²) in [6, 6.07) is 14.0. The fourth-order valence-corrected chi connectivity index (χ4v) is 4.56. The van der Waals surface area contributed by atoms with Crippen molar-refractivity contribution in [2.45, 2.75) is 50.1 Å². The first-order valence-electron chi connectivity index (χ1n) is 14.6. The van der Waals surface area contributed by atoms with E-state index in [2.05, 4.69) is 13.2 Å². The van der Waals surface area contributed by atoms with Crippen molar-refractivity contribution in [3.63, 3.8) is 0 Å². The third-order valence-corrected chi connectivity index (χ3v) is 6.86. The molecule has 0 N–H and O–H groups in total. The monoisotopic (exact) mass is 610 g/mol. The largest absolute Gasteiger partial charge is 0.494 e. The molecule has 4 rings (SSSR count). The molecule has 236 valence electrons. The molecule has 2 aliphatic heterocycles. The van der Waals surface area contributed by atoms with Crippen LogP contribution in [0, 0.1) is 0 Å². The maximum absolute atomic E-state index is 12.8. The zero-order valence-corrected chi connectivity index (χ0v) is 24.6. The van der Waals surface area contributed by atoms with Gasteiger partial charge in [-0.3, -0.25) is 0 Å². The first-order valence-corrected chi connectivity index (χ1v) is 14.6. The van der Waals surface area contributed by atoms with E-state index in [9.17, 15) is 14.4 Å². The van der Waals surface area contributed by atoms with Crippen molar-refractivity contribution in [1.29, 1.82) is 0 Å². The van der Waals surface area contributed by atoms with Crippen LogP contribution < -0.4 is 14.2 Å². The minimum absolute atomic E-state index is 0.212. The Morgan fingerprint density at radius 3 is 1.66 bits per heavy atom. The third-order valence-electron chi connectivity index (χ3n) is 6.86. The second kappa shape index (κ2) is 17.1. The van der Waals surface area contributed by atoms with Crippen molar-refractivity contribution in [3.05, 3.63) is 79.4 Å². The quantitative estimate of drug-likeness (QED) is 0.104. The van der Waals surface area contributed by atoms with Gasteiger partial charge in [-0.2, -0.15) is 0 Å². The average Bonchev–Trinajstić information content (AvgIpc) is 3.64. The Bertz CT molecular complexity index is 1240. The van der Waals surface area contributed by atoms with Gasteiger partial charge in [-0.25, -0.2) is 14.4 Å². The van der Waals surface area contributed by atoms with E-state index in [0.29, 0.717) is 75.1 Å². The Morgan fingerprint density at radius 1 is 0.659 bits per heavy atom. The van der Waals surface area contributed by atoms with E-state index in [1.807, 2.05) is 24.3 Å². The number of benzene rings is 2. The number of hydrogen-bond donors (Lipinski definition) is 0. The molecule has 2 fully saturated rings. The van der Waals surface area contributed by atoms with Gasteiger partial charge in [-0.05, 0) is 74.2 Å². The van der Waals surface area contributed by atoms with Gasteiger partial charge in [0.15, 0.2) is 12.2 Å². The van der Waals surface area contributed by atoms with Gasteiger partial charge in [0.1, 0.15) is 29.5 Å². The van der Waals surface area contributed by atoms with Gasteiger partial charge >= 0.3 is 17.9 Å². The van der Waals surface area contributed by atoms with Crippen LogP contribution in [-0.2, 0) is 33.3 Å². The van der Waals surface area contributed by atoms with E-state index >= 15 is 0 Å². The fraction of sp³-hybridized carbons (Fsp3) is 0.424. The molecule has 0 aliphatic carbocycles. The van der Waals surface area contributed by atoms with Crippen LogP contribution in [-0.4, -0.2) is 82.0 Å². The number of esters is 3. The van der Waals surface area contributed by atoms with Crippen molar-refractivity contribution in [2.24, 2.45) is 0 Å². The molecule has 4 unspecified atom stereocenters. The number of carbonyl (C=O) groups excluding carboxylic acids is 3. The SMILES string of the molecule is C=CC(=O)OCCCCOc1ccc(OC2COC3C(OC(=O)c4ccc(OCCCCOC(=O)C=C)cc4)COC23)cc1. The van der Waals surface area contributed by atoms with Crippen LogP contribution in [0.3, 0.4) is 0 Å². The van der Waals surface area contributed by atoms with Gasteiger partial charge in [0.05, 0.1) is 45.2 Å². The lowest BCUT2D eigenvalue weighted by molar-refractivity contribution is -0.138.